The van der Waals surface area contributed by atoms with Crippen molar-refractivity contribution in [2.45, 2.75) is 12.0 Å². The number of nitrogens with zero attached hydrogens (tertiary/aromatic N) is 1. The van der Waals surface area contributed by atoms with Gasteiger partial charge in [0.2, 0.25) is 0 Å². The van der Waals surface area contributed by atoms with E-state index in [2.05, 4.69) is 0 Å². The lowest BCUT2D eigenvalue weighted by atomic mass is 9.82. The molecule has 1 aliphatic heterocycles. The Kier molecular flexibility index (Phi) is 3.28. The molecular weight excluding hydrogens is 248 g/mol. The first-order valence-electron chi connectivity index (χ1n) is 5.94. The van der Waals surface area contributed by atoms with E-state index in [0.717, 1.165) is 0 Å². The fourth-order valence-electron chi connectivity index (χ4n) is 2.49. The molecule has 0 bridgehead atoms. The number of ether oxygens (including phenoxy) is 2. The van der Waals surface area contributed by atoms with Gasteiger partial charge < -0.3 is 25.2 Å². The fourth-order valence-corrected chi connectivity index (χ4v) is 2.49. The standard InChI is InChI=1S/C13H18N2O4/c1-15-7-6-13(14,12(16)17)10-8(18-2)4-5-9(19-3)11(10)15/h4-5H,6-7,14H2,1-3H3,(H,16,17). The van der Waals surface area contributed by atoms with Gasteiger partial charge in [-0.05, 0) is 18.6 Å². The number of nitrogens with two attached hydrogens (primary N) is 1. The van der Waals surface area contributed by atoms with Crippen LogP contribution in [-0.4, -0.2) is 38.9 Å². The Balaban J connectivity index is 2.77. The molecule has 1 atom stereocenters. The number of carboxylic acid groups (broad SMARTS) is 1. The molecule has 6 heteroatoms. The van der Waals surface area contributed by atoms with Gasteiger partial charge in [0.1, 0.15) is 17.0 Å². The summed E-state index contributed by atoms with van der Waals surface area (Å²) in [4.78, 5) is 13.5. The van der Waals surface area contributed by atoms with Crippen LogP contribution >= 0.6 is 0 Å². The van der Waals surface area contributed by atoms with Gasteiger partial charge >= 0.3 is 5.97 Å². The van der Waals surface area contributed by atoms with Crippen molar-refractivity contribution in [2.24, 2.45) is 5.73 Å². The van der Waals surface area contributed by atoms with E-state index in [0.29, 0.717) is 35.7 Å². The van der Waals surface area contributed by atoms with Gasteiger partial charge in [-0.15, -0.1) is 0 Å². The summed E-state index contributed by atoms with van der Waals surface area (Å²) in [6.45, 7) is 0.541. The van der Waals surface area contributed by atoms with Crippen molar-refractivity contribution in [1.82, 2.24) is 0 Å². The maximum Gasteiger partial charge on any atom is 0.328 e. The summed E-state index contributed by atoms with van der Waals surface area (Å²) in [6, 6.07) is 3.43. The zero-order valence-corrected chi connectivity index (χ0v) is 11.3. The van der Waals surface area contributed by atoms with Crippen LogP contribution in [0.4, 0.5) is 5.69 Å². The van der Waals surface area contributed by atoms with E-state index >= 15 is 0 Å². The molecule has 0 fully saturated rings. The number of anilines is 1. The molecule has 0 aromatic heterocycles. The summed E-state index contributed by atoms with van der Waals surface area (Å²) in [5.74, 6) is -0.00488. The van der Waals surface area contributed by atoms with Crippen LogP contribution in [0, 0.1) is 0 Å². The fraction of sp³-hybridized carbons (Fsp3) is 0.462. The molecule has 2 rings (SSSR count). The third-order valence-electron chi connectivity index (χ3n) is 3.59. The zero-order valence-electron chi connectivity index (χ0n) is 11.3. The summed E-state index contributed by atoms with van der Waals surface area (Å²) < 4.78 is 10.6. The quantitative estimate of drug-likeness (QED) is 0.841. The normalized spacial score (nSPS) is 21.8. The molecule has 1 unspecified atom stereocenters. The Labute approximate surface area is 111 Å². The molecule has 0 saturated heterocycles. The number of hydrogen-bond donors (Lipinski definition) is 2. The summed E-state index contributed by atoms with van der Waals surface area (Å²) >= 11 is 0. The largest absolute Gasteiger partial charge is 0.496 e. The summed E-state index contributed by atoms with van der Waals surface area (Å²) in [5, 5.41) is 9.47. The van der Waals surface area contributed by atoms with Crippen LogP contribution < -0.4 is 20.1 Å². The SMILES string of the molecule is COc1ccc(OC)c2c1N(C)CCC2(N)C(=O)O. The molecule has 1 aliphatic rings. The molecular formula is C13H18N2O4. The number of carbonyl (C=O) groups is 1. The highest BCUT2D eigenvalue weighted by atomic mass is 16.5. The second-order valence-electron chi connectivity index (χ2n) is 4.64. The van der Waals surface area contributed by atoms with Crippen LogP contribution in [0.3, 0.4) is 0 Å². The van der Waals surface area contributed by atoms with Crippen molar-refractivity contribution in [3.63, 3.8) is 0 Å². The minimum absolute atomic E-state index is 0.315. The Morgan fingerprint density at radius 1 is 1.37 bits per heavy atom. The number of benzene rings is 1. The van der Waals surface area contributed by atoms with Crippen molar-refractivity contribution in [1.29, 1.82) is 0 Å². The molecule has 104 valence electrons. The van der Waals surface area contributed by atoms with Crippen LogP contribution in [0.2, 0.25) is 0 Å². The average Bonchev–Trinajstić information content (AvgIpc) is 2.41. The number of rotatable bonds is 3. The van der Waals surface area contributed by atoms with Gasteiger partial charge in [-0.3, -0.25) is 0 Å². The highest BCUT2D eigenvalue weighted by Gasteiger charge is 2.45. The predicted octanol–water partition coefficient (Wildman–Crippen LogP) is 0.782. The van der Waals surface area contributed by atoms with Crippen LogP contribution in [0.1, 0.15) is 12.0 Å². The molecule has 0 radical (unpaired) electrons. The molecule has 0 spiro atoms. The van der Waals surface area contributed by atoms with Crippen LogP contribution in [0.15, 0.2) is 12.1 Å². The lowest BCUT2D eigenvalue weighted by Gasteiger charge is -2.39. The highest BCUT2D eigenvalue weighted by molar-refractivity contribution is 5.88. The van der Waals surface area contributed by atoms with E-state index in [1.165, 1.54) is 7.11 Å². The third-order valence-corrected chi connectivity index (χ3v) is 3.59. The number of aliphatic carboxylic acids is 1. The van der Waals surface area contributed by atoms with Crippen molar-refractivity contribution in [3.05, 3.63) is 17.7 Å². The van der Waals surface area contributed by atoms with E-state index in [4.69, 9.17) is 15.2 Å². The number of carboxylic acids is 1. The number of fused-ring (bicyclic) bond motifs is 1. The van der Waals surface area contributed by atoms with Gasteiger partial charge in [0, 0.05) is 13.6 Å². The monoisotopic (exact) mass is 266 g/mol. The molecule has 0 saturated carbocycles. The molecule has 1 aromatic carbocycles. The Hall–Kier alpha value is -1.95. The van der Waals surface area contributed by atoms with Crippen molar-refractivity contribution in [3.8, 4) is 11.5 Å². The second kappa shape index (κ2) is 4.62. The minimum Gasteiger partial charge on any atom is -0.496 e. The summed E-state index contributed by atoms with van der Waals surface area (Å²) in [5.41, 5.74) is 5.80. The number of hydrogen-bond acceptors (Lipinski definition) is 5. The van der Waals surface area contributed by atoms with E-state index in [1.807, 2.05) is 11.9 Å². The molecule has 1 aromatic rings. The van der Waals surface area contributed by atoms with E-state index in [-0.39, 0.29) is 0 Å². The van der Waals surface area contributed by atoms with Gasteiger partial charge in [-0.25, -0.2) is 4.79 Å². The lowest BCUT2D eigenvalue weighted by molar-refractivity contribution is -0.144. The van der Waals surface area contributed by atoms with E-state index in [1.54, 1.807) is 19.2 Å². The summed E-state index contributed by atoms with van der Waals surface area (Å²) in [6.07, 6.45) is 0.315. The number of methoxy groups -OCH3 is 2. The predicted molar refractivity (Wildman–Crippen MR) is 70.9 cm³/mol. The maximum atomic E-state index is 11.6. The Morgan fingerprint density at radius 3 is 2.47 bits per heavy atom. The van der Waals surface area contributed by atoms with Crippen LogP contribution in [-0.2, 0) is 10.3 Å². The lowest BCUT2D eigenvalue weighted by Crippen LogP contribution is -2.51. The van der Waals surface area contributed by atoms with Gasteiger partial charge in [0.15, 0.2) is 0 Å². The van der Waals surface area contributed by atoms with Gasteiger partial charge in [0.25, 0.3) is 0 Å². The topological polar surface area (TPSA) is 85.0 Å². The smallest absolute Gasteiger partial charge is 0.328 e. The Morgan fingerprint density at radius 2 is 1.95 bits per heavy atom. The molecule has 0 aliphatic carbocycles. The maximum absolute atomic E-state index is 11.6. The molecule has 19 heavy (non-hydrogen) atoms. The van der Waals surface area contributed by atoms with Gasteiger partial charge in [0.05, 0.1) is 25.5 Å². The van der Waals surface area contributed by atoms with Crippen molar-refractivity contribution < 1.29 is 19.4 Å². The first-order chi connectivity index (χ1) is 8.95. The molecule has 6 nitrogen and oxygen atoms in total. The Bertz CT molecular complexity index is 518. The van der Waals surface area contributed by atoms with Crippen molar-refractivity contribution in [2.75, 3.05) is 32.7 Å². The summed E-state index contributed by atoms with van der Waals surface area (Å²) in [7, 11) is 4.92. The van der Waals surface area contributed by atoms with Gasteiger partial charge in [-0.2, -0.15) is 0 Å². The molecule has 1 heterocycles. The van der Waals surface area contributed by atoms with Crippen LogP contribution in [0.25, 0.3) is 0 Å². The van der Waals surface area contributed by atoms with Gasteiger partial charge in [-0.1, -0.05) is 0 Å². The second-order valence-corrected chi connectivity index (χ2v) is 4.64. The minimum atomic E-state index is -1.46. The average molecular weight is 266 g/mol. The molecule has 0 amide bonds. The van der Waals surface area contributed by atoms with Crippen molar-refractivity contribution >= 4 is 11.7 Å². The third kappa shape index (κ3) is 1.88. The molecule has 3 N–H and O–H groups in total. The van der Waals surface area contributed by atoms with E-state index < -0.39 is 11.5 Å². The first-order valence-corrected chi connectivity index (χ1v) is 5.94. The van der Waals surface area contributed by atoms with E-state index in [9.17, 15) is 9.90 Å². The first kappa shape index (κ1) is 13.5. The highest BCUT2D eigenvalue weighted by Crippen LogP contribution is 2.47. The zero-order chi connectivity index (χ0) is 14.2. The van der Waals surface area contributed by atoms with Crippen LogP contribution in [0.5, 0.6) is 11.5 Å².